The molecule has 0 aliphatic heterocycles. The first-order valence-electron chi connectivity index (χ1n) is 6.06. The summed E-state index contributed by atoms with van der Waals surface area (Å²) in [6, 6.07) is 4.54. The van der Waals surface area contributed by atoms with Crippen LogP contribution < -0.4 is 4.74 Å². The molecule has 1 heterocycles. The van der Waals surface area contributed by atoms with Crippen LogP contribution in [0.4, 0.5) is 9.18 Å². The SMILES string of the molecule is Cc1ccc(F)cc1COc1nc(SC(=O)N(C)C)ns1. The van der Waals surface area contributed by atoms with E-state index in [2.05, 4.69) is 9.36 Å². The fraction of sp³-hybridized carbons (Fsp3) is 0.308. The highest BCUT2D eigenvalue weighted by atomic mass is 32.2. The number of ether oxygens (including phenoxy) is 1. The number of hydrogen-bond donors (Lipinski definition) is 0. The fourth-order valence-electron chi connectivity index (χ4n) is 1.40. The van der Waals surface area contributed by atoms with Crippen LogP contribution in [0.3, 0.4) is 0 Å². The Hall–Kier alpha value is -1.67. The molecule has 0 saturated carbocycles. The average molecular weight is 327 g/mol. The van der Waals surface area contributed by atoms with Gasteiger partial charge < -0.3 is 9.64 Å². The summed E-state index contributed by atoms with van der Waals surface area (Å²) in [6.07, 6.45) is 0. The van der Waals surface area contributed by atoms with Gasteiger partial charge in [-0.25, -0.2) is 4.39 Å². The van der Waals surface area contributed by atoms with Crippen molar-refractivity contribution in [2.75, 3.05) is 14.1 Å². The number of nitrogens with zero attached hydrogens (tertiary/aromatic N) is 3. The van der Waals surface area contributed by atoms with Crippen LogP contribution in [-0.4, -0.2) is 33.6 Å². The first-order chi connectivity index (χ1) is 9.95. The molecule has 0 radical (unpaired) electrons. The van der Waals surface area contributed by atoms with Gasteiger partial charge in [-0.2, -0.15) is 9.36 Å². The summed E-state index contributed by atoms with van der Waals surface area (Å²) < 4.78 is 22.7. The first kappa shape index (κ1) is 15.7. The van der Waals surface area contributed by atoms with Crippen molar-refractivity contribution in [1.82, 2.24) is 14.3 Å². The fourth-order valence-corrected chi connectivity index (χ4v) is 2.62. The molecule has 1 amide bonds. The second-order valence-electron chi connectivity index (χ2n) is 4.46. The van der Waals surface area contributed by atoms with Gasteiger partial charge in [0, 0.05) is 37.4 Å². The summed E-state index contributed by atoms with van der Waals surface area (Å²) >= 11 is 2.00. The Morgan fingerprint density at radius 3 is 2.95 bits per heavy atom. The molecular weight excluding hydrogens is 313 g/mol. The zero-order valence-corrected chi connectivity index (χ0v) is 13.4. The topological polar surface area (TPSA) is 55.3 Å². The van der Waals surface area contributed by atoms with E-state index < -0.39 is 0 Å². The number of carbonyl (C=O) groups excluding carboxylic acids is 1. The molecule has 0 saturated heterocycles. The van der Waals surface area contributed by atoms with Gasteiger partial charge in [0.25, 0.3) is 10.4 Å². The van der Waals surface area contributed by atoms with E-state index in [1.54, 1.807) is 20.2 Å². The summed E-state index contributed by atoms with van der Waals surface area (Å²) in [5.41, 5.74) is 1.70. The molecule has 1 aromatic heterocycles. The molecule has 0 aliphatic carbocycles. The molecule has 112 valence electrons. The van der Waals surface area contributed by atoms with Crippen molar-refractivity contribution in [3.05, 3.63) is 35.1 Å². The predicted octanol–water partition coefficient (Wildman–Crippen LogP) is 3.34. The first-order valence-corrected chi connectivity index (χ1v) is 7.65. The van der Waals surface area contributed by atoms with Crippen LogP contribution in [0.5, 0.6) is 5.19 Å². The summed E-state index contributed by atoms with van der Waals surface area (Å²) in [5, 5.41) is 0.553. The van der Waals surface area contributed by atoms with Crippen LogP contribution in [0.15, 0.2) is 23.4 Å². The van der Waals surface area contributed by atoms with Gasteiger partial charge in [0.2, 0.25) is 5.16 Å². The van der Waals surface area contributed by atoms with E-state index in [1.165, 1.54) is 17.0 Å². The third-order valence-corrected chi connectivity index (χ3v) is 4.24. The monoisotopic (exact) mass is 327 g/mol. The van der Waals surface area contributed by atoms with Gasteiger partial charge in [-0.3, -0.25) is 4.79 Å². The molecule has 0 bridgehead atoms. The van der Waals surface area contributed by atoms with Gasteiger partial charge in [-0.05, 0) is 30.2 Å². The average Bonchev–Trinajstić information content (AvgIpc) is 2.87. The lowest BCUT2D eigenvalue weighted by Crippen LogP contribution is -2.16. The van der Waals surface area contributed by atoms with Crippen LogP contribution in [0.25, 0.3) is 0 Å². The summed E-state index contributed by atoms with van der Waals surface area (Å²) in [5.74, 6) is -0.302. The van der Waals surface area contributed by atoms with E-state index in [1.807, 2.05) is 6.92 Å². The molecule has 0 N–H and O–H groups in total. The van der Waals surface area contributed by atoms with Gasteiger partial charge in [-0.1, -0.05) is 6.07 Å². The number of benzene rings is 1. The lowest BCUT2D eigenvalue weighted by Gasteiger charge is -2.06. The molecule has 0 spiro atoms. The van der Waals surface area contributed by atoms with Gasteiger partial charge in [-0.15, -0.1) is 0 Å². The highest BCUT2D eigenvalue weighted by Gasteiger charge is 2.13. The second-order valence-corrected chi connectivity index (χ2v) is 6.10. The third-order valence-electron chi connectivity index (χ3n) is 2.59. The van der Waals surface area contributed by atoms with Crippen molar-refractivity contribution in [3.63, 3.8) is 0 Å². The normalized spacial score (nSPS) is 10.5. The molecule has 2 rings (SSSR count). The minimum Gasteiger partial charge on any atom is -0.464 e. The van der Waals surface area contributed by atoms with E-state index in [0.29, 0.717) is 10.4 Å². The van der Waals surface area contributed by atoms with E-state index in [-0.39, 0.29) is 17.7 Å². The Bertz CT molecular complexity index is 646. The smallest absolute Gasteiger partial charge is 0.294 e. The number of amides is 1. The van der Waals surface area contributed by atoms with Crippen LogP contribution in [0, 0.1) is 12.7 Å². The summed E-state index contributed by atoms with van der Waals surface area (Å²) in [6.45, 7) is 2.10. The van der Waals surface area contributed by atoms with E-state index >= 15 is 0 Å². The Morgan fingerprint density at radius 1 is 1.48 bits per heavy atom. The number of carbonyl (C=O) groups is 1. The zero-order valence-electron chi connectivity index (χ0n) is 11.8. The zero-order chi connectivity index (χ0) is 15.4. The van der Waals surface area contributed by atoms with Crippen molar-refractivity contribution < 1.29 is 13.9 Å². The number of aromatic nitrogens is 2. The standard InChI is InChI=1S/C13H14FN3O2S2/c1-8-4-5-10(14)6-9(8)7-19-12-15-11(16-21-12)20-13(18)17(2)3/h4-6H,7H2,1-3H3. The number of halogens is 1. The third kappa shape index (κ3) is 4.40. The van der Waals surface area contributed by atoms with Crippen molar-refractivity contribution in [3.8, 4) is 5.19 Å². The maximum absolute atomic E-state index is 13.2. The minimum absolute atomic E-state index is 0.152. The molecule has 5 nitrogen and oxygen atoms in total. The maximum Gasteiger partial charge on any atom is 0.294 e. The van der Waals surface area contributed by atoms with Gasteiger partial charge >= 0.3 is 0 Å². The number of rotatable bonds is 4. The highest BCUT2D eigenvalue weighted by Crippen LogP contribution is 2.24. The van der Waals surface area contributed by atoms with E-state index in [0.717, 1.165) is 34.4 Å². The van der Waals surface area contributed by atoms with Crippen molar-refractivity contribution in [1.29, 1.82) is 0 Å². The molecule has 0 fully saturated rings. The van der Waals surface area contributed by atoms with E-state index in [4.69, 9.17) is 4.74 Å². The van der Waals surface area contributed by atoms with Crippen molar-refractivity contribution in [2.45, 2.75) is 18.7 Å². The highest BCUT2D eigenvalue weighted by molar-refractivity contribution is 8.13. The Morgan fingerprint density at radius 2 is 2.24 bits per heavy atom. The van der Waals surface area contributed by atoms with Gasteiger partial charge in [0.15, 0.2) is 0 Å². The molecule has 1 aromatic carbocycles. The number of aryl methyl sites for hydroxylation is 1. The quantitative estimate of drug-likeness (QED) is 0.806. The molecule has 21 heavy (non-hydrogen) atoms. The number of thioether (sulfide) groups is 1. The van der Waals surface area contributed by atoms with Gasteiger partial charge in [0.1, 0.15) is 12.4 Å². The lowest BCUT2D eigenvalue weighted by molar-refractivity contribution is 0.241. The molecule has 2 aromatic rings. The molecule has 8 heteroatoms. The lowest BCUT2D eigenvalue weighted by atomic mass is 10.1. The molecular formula is C13H14FN3O2S2. The van der Waals surface area contributed by atoms with Crippen LogP contribution in [0.1, 0.15) is 11.1 Å². The summed E-state index contributed by atoms with van der Waals surface area (Å²) in [7, 11) is 3.32. The Kier molecular flexibility index (Phi) is 5.13. The van der Waals surface area contributed by atoms with E-state index in [9.17, 15) is 9.18 Å². The van der Waals surface area contributed by atoms with Gasteiger partial charge in [0.05, 0.1) is 0 Å². The van der Waals surface area contributed by atoms with Crippen LogP contribution in [0.2, 0.25) is 0 Å². The summed E-state index contributed by atoms with van der Waals surface area (Å²) in [4.78, 5) is 17.1. The van der Waals surface area contributed by atoms with Crippen molar-refractivity contribution in [2.24, 2.45) is 0 Å². The minimum atomic E-state index is -0.302. The van der Waals surface area contributed by atoms with Crippen LogP contribution in [-0.2, 0) is 6.61 Å². The molecule has 0 aliphatic rings. The Balaban J connectivity index is 1.97. The molecule has 0 atom stereocenters. The van der Waals surface area contributed by atoms with Crippen molar-refractivity contribution >= 4 is 28.5 Å². The van der Waals surface area contributed by atoms with Crippen LogP contribution >= 0.6 is 23.3 Å². The Labute approximate surface area is 130 Å². The maximum atomic E-state index is 13.2. The largest absolute Gasteiger partial charge is 0.464 e. The second kappa shape index (κ2) is 6.86. The number of hydrogen-bond acceptors (Lipinski definition) is 6. The molecule has 0 unspecified atom stereocenters. The predicted molar refractivity (Wildman–Crippen MR) is 80.3 cm³/mol.